The van der Waals surface area contributed by atoms with E-state index in [0.29, 0.717) is 6.42 Å². The van der Waals surface area contributed by atoms with E-state index in [1.807, 2.05) is 44.2 Å². The third-order valence-electron chi connectivity index (χ3n) is 6.19. The summed E-state index contributed by atoms with van der Waals surface area (Å²) in [6.07, 6.45) is 0.545. The zero-order valence-electron chi connectivity index (χ0n) is 22.6. The van der Waals surface area contributed by atoms with Crippen LogP contribution in [0.25, 0.3) is 0 Å². The molecule has 1 saturated heterocycles. The van der Waals surface area contributed by atoms with Gasteiger partial charge < -0.3 is 26.6 Å². The van der Waals surface area contributed by atoms with E-state index in [4.69, 9.17) is 0 Å². The Morgan fingerprint density at radius 1 is 0.676 bits per heavy atom. The van der Waals surface area contributed by atoms with Crippen molar-refractivity contribution in [3.8, 4) is 0 Å². The lowest BCUT2D eigenvalue weighted by atomic mass is 9.98. The summed E-state index contributed by atoms with van der Waals surface area (Å²) in [5.74, 6) is -3.09. The zero-order chi connectivity index (χ0) is 27.7. The van der Waals surface area contributed by atoms with Gasteiger partial charge in [0.1, 0.15) is 24.2 Å². The van der Waals surface area contributed by atoms with Crippen molar-refractivity contribution in [3.05, 3.63) is 35.9 Å². The predicted octanol–water partition coefficient (Wildman–Crippen LogP) is 0.656. The second-order valence-electron chi connectivity index (χ2n) is 10.7. The molecule has 0 spiro atoms. The molecule has 1 aliphatic rings. The van der Waals surface area contributed by atoms with Crippen LogP contribution in [0.15, 0.2) is 30.3 Å². The standard InChI is InChI=1S/C27H41N5O5/c1-15(2)12-19-24(34)31-22(16(3)4)26(36)28-14-21(33)29-20(13-18-10-8-7-9-11-18)25(35)32-23(17(5)6)27(37)30-19/h7-11,15-17,19-20,22-23H,12-14H2,1-6H3,(H,28,36)(H,29,33)(H,30,37)(H,31,34)(H,32,35)/t19-,20-,22-,23-/m0/s1. The maximum absolute atomic E-state index is 13.3. The first-order valence-electron chi connectivity index (χ1n) is 12.9. The van der Waals surface area contributed by atoms with Gasteiger partial charge in [-0.2, -0.15) is 0 Å². The van der Waals surface area contributed by atoms with Gasteiger partial charge in [-0.15, -0.1) is 0 Å². The molecule has 0 bridgehead atoms. The lowest BCUT2D eigenvalue weighted by Gasteiger charge is -2.28. The highest BCUT2D eigenvalue weighted by atomic mass is 16.2. The maximum Gasteiger partial charge on any atom is 0.243 e. The van der Waals surface area contributed by atoms with E-state index in [-0.39, 0.29) is 30.7 Å². The highest BCUT2D eigenvalue weighted by Gasteiger charge is 2.34. The van der Waals surface area contributed by atoms with Crippen molar-refractivity contribution in [3.63, 3.8) is 0 Å². The molecule has 5 amide bonds. The Kier molecular flexibility index (Phi) is 11.1. The van der Waals surface area contributed by atoms with Crippen LogP contribution in [-0.4, -0.2) is 60.2 Å². The molecular formula is C27H41N5O5. The van der Waals surface area contributed by atoms with E-state index in [0.717, 1.165) is 5.56 Å². The van der Waals surface area contributed by atoms with Gasteiger partial charge in [-0.05, 0) is 29.7 Å². The van der Waals surface area contributed by atoms with E-state index in [1.54, 1.807) is 27.7 Å². The molecule has 1 aromatic rings. The lowest BCUT2D eigenvalue weighted by molar-refractivity contribution is -0.135. The fourth-order valence-corrected chi connectivity index (χ4v) is 4.12. The molecule has 0 aromatic heterocycles. The van der Waals surface area contributed by atoms with Gasteiger partial charge in [0.2, 0.25) is 29.5 Å². The number of hydrogen-bond acceptors (Lipinski definition) is 5. The third kappa shape index (κ3) is 9.18. The van der Waals surface area contributed by atoms with Crippen molar-refractivity contribution < 1.29 is 24.0 Å². The number of carbonyl (C=O) groups is 5. The smallest absolute Gasteiger partial charge is 0.243 e. The second kappa shape index (κ2) is 13.8. The van der Waals surface area contributed by atoms with Gasteiger partial charge in [0.05, 0.1) is 6.54 Å². The predicted molar refractivity (Wildman–Crippen MR) is 140 cm³/mol. The van der Waals surface area contributed by atoms with Crippen LogP contribution in [-0.2, 0) is 30.4 Å². The summed E-state index contributed by atoms with van der Waals surface area (Å²) in [6.45, 7) is 10.6. The van der Waals surface area contributed by atoms with Gasteiger partial charge in [-0.1, -0.05) is 71.9 Å². The van der Waals surface area contributed by atoms with Gasteiger partial charge in [0.25, 0.3) is 0 Å². The number of benzene rings is 1. The average Bonchev–Trinajstić information content (AvgIpc) is 2.82. The van der Waals surface area contributed by atoms with Crippen LogP contribution in [0.1, 0.15) is 53.5 Å². The normalized spacial score (nSPS) is 24.5. The third-order valence-corrected chi connectivity index (χ3v) is 6.19. The largest absolute Gasteiger partial charge is 0.345 e. The molecule has 0 aliphatic carbocycles. The van der Waals surface area contributed by atoms with Gasteiger partial charge in [0.15, 0.2) is 0 Å². The molecule has 1 heterocycles. The first-order valence-corrected chi connectivity index (χ1v) is 12.9. The molecule has 204 valence electrons. The summed E-state index contributed by atoms with van der Waals surface area (Å²) in [7, 11) is 0. The summed E-state index contributed by atoms with van der Waals surface area (Å²) in [6, 6.07) is 5.47. The minimum atomic E-state index is -0.974. The van der Waals surface area contributed by atoms with Crippen LogP contribution in [0.2, 0.25) is 0 Å². The van der Waals surface area contributed by atoms with Gasteiger partial charge in [-0.25, -0.2) is 0 Å². The van der Waals surface area contributed by atoms with Crippen LogP contribution in [0.3, 0.4) is 0 Å². The fraction of sp³-hybridized carbons (Fsp3) is 0.593. The summed E-state index contributed by atoms with van der Waals surface area (Å²) >= 11 is 0. The number of carbonyl (C=O) groups excluding carboxylic acids is 5. The Bertz CT molecular complexity index is 963. The van der Waals surface area contributed by atoms with Crippen molar-refractivity contribution in [2.45, 2.75) is 78.6 Å². The molecule has 0 radical (unpaired) electrons. The van der Waals surface area contributed by atoms with E-state index in [9.17, 15) is 24.0 Å². The highest BCUT2D eigenvalue weighted by Crippen LogP contribution is 2.11. The molecule has 0 unspecified atom stereocenters. The first-order chi connectivity index (χ1) is 17.4. The minimum Gasteiger partial charge on any atom is -0.345 e. The molecule has 37 heavy (non-hydrogen) atoms. The van der Waals surface area contributed by atoms with Crippen molar-refractivity contribution in [2.75, 3.05) is 6.54 Å². The Labute approximate surface area is 219 Å². The van der Waals surface area contributed by atoms with Gasteiger partial charge >= 0.3 is 0 Å². The Morgan fingerprint density at radius 2 is 1.22 bits per heavy atom. The van der Waals surface area contributed by atoms with Crippen molar-refractivity contribution >= 4 is 29.5 Å². The quantitative estimate of drug-likeness (QED) is 0.378. The van der Waals surface area contributed by atoms with Crippen molar-refractivity contribution in [1.29, 1.82) is 0 Å². The Morgan fingerprint density at radius 3 is 1.76 bits per heavy atom. The molecule has 5 N–H and O–H groups in total. The summed E-state index contributed by atoms with van der Waals surface area (Å²) in [5, 5.41) is 13.5. The molecule has 10 heteroatoms. The molecule has 1 fully saturated rings. The van der Waals surface area contributed by atoms with Crippen LogP contribution < -0.4 is 26.6 Å². The van der Waals surface area contributed by atoms with E-state index in [2.05, 4.69) is 26.6 Å². The molecule has 1 aliphatic heterocycles. The monoisotopic (exact) mass is 515 g/mol. The van der Waals surface area contributed by atoms with Crippen LogP contribution in [0.4, 0.5) is 0 Å². The molecule has 2 rings (SSSR count). The molecule has 0 saturated carbocycles. The van der Waals surface area contributed by atoms with E-state index in [1.165, 1.54) is 0 Å². The topological polar surface area (TPSA) is 146 Å². The minimum absolute atomic E-state index is 0.0774. The molecular weight excluding hydrogens is 474 g/mol. The SMILES string of the molecule is CC(C)C[C@@H]1NC(=O)[C@H](C(C)C)NC(=O)[C@H](Cc2ccccc2)NC(=O)CNC(=O)[C@H](C(C)C)NC1=O. The van der Waals surface area contributed by atoms with Gasteiger partial charge in [-0.3, -0.25) is 24.0 Å². The van der Waals surface area contributed by atoms with Crippen molar-refractivity contribution in [2.24, 2.45) is 17.8 Å². The number of amides is 5. The number of hydrogen-bond donors (Lipinski definition) is 5. The van der Waals surface area contributed by atoms with E-state index < -0.39 is 53.7 Å². The summed E-state index contributed by atoms with van der Waals surface area (Å²) < 4.78 is 0. The van der Waals surface area contributed by atoms with Crippen LogP contribution in [0, 0.1) is 17.8 Å². The summed E-state index contributed by atoms with van der Waals surface area (Å²) in [4.78, 5) is 65.4. The Balaban J connectivity index is 2.43. The number of nitrogens with one attached hydrogen (secondary N) is 5. The Hall–Kier alpha value is -3.43. The van der Waals surface area contributed by atoms with E-state index >= 15 is 0 Å². The first kappa shape index (κ1) is 29.8. The second-order valence-corrected chi connectivity index (χ2v) is 10.7. The zero-order valence-corrected chi connectivity index (χ0v) is 22.6. The van der Waals surface area contributed by atoms with Crippen LogP contribution >= 0.6 is 0 Å². The van der Waals surface area contributed by atoms with Crippen LogP contribution in [0.5, 0.6) is 0 Å². The van der Waals surface area contributed by atoms with Gasteiger partial charge in [0, 0.05) is 6.42 Å². The lowest BCUT2D eigenvalue weighted by Crippen LogP contribution is -2.59. The fourth-order valence-electron chi connectivity index (χ4n) is 4.12. The molecule has 1 aromatic carbocycles. The average molecular weight is 516 g/mol. The summed E-state index contributed by atoms with van der Waals surface area (Å²) in [5.41, 5.74) is 0.821. The van der Waals surface area contributed by atoms with Crippen molar-refractivity contribution in [1.82, 2.24) is 26.6 Å². The number of rotatable bonds is 6. The maximum atomic E-state index is 13.3. The molecule has 4 atom stereocenters. The molecule has 10 nitrogen and oxygen atoms in total. The highest BCUT2D eigenvalue weighted by molar-refractivity contribution is 5.97.